The lowest BCUT2D eigenvalue weighted by Crippen LogP contribution is -2.29. The molecule has 0 bridgehead atoms. The van der Waals surface area contributed by atoms with Gasteiger partial charge in [-0.3, -0.25) is 4.79 Å². The minimum atomic E-state index is -0.0936. The average Bonchev–Trinajstić information content (AvgIpc) is 3.55. The van der Waals surface area contributed by atoms with E-state index in [4.69, 9.17) is 9.15 Å². The maximum atomic E-state index is 12.8. The average molecular weight is 489 g/mol. The van der Waals surface area contributed by atoms with E-state index in [1.165, 1.54) is 0 Å². The second-order valence-electron chi connectivity index (χ2n) is 9.04. The van der Waals surface area contributed by atoms with Crippen molar-refractivity contribution >= 4 is 22.6 Å². The van der Waals surface area contributed by atoms with Crippen molar-refractivity contribution in [1.29, 1.82) is 0 Å². The summed E-state index contributed by atoms with van der Waals surface area (Å²) in [5, 5.41) is 12.2. The van der Waals surface area contributed by atoms with Crippen LogP contribution in [0.25, 0.3) is 22.5 Å². The Morgan fingerprint density at radius 3 is 2.72 bits per heavy atom. The molecule has 188 valence electrons. The number of benzene rings is 1. The number of pyridine rings is 1. The monoisotopic (exact) mass is 488 g/mol. The van der Waals surface area contributed by atoms with E-state index < -0.39 is 0 Å². The summed E-state index contributed by atoms with van der Waals surface area (Å²) in [5.41, 5.74) is 4.14. The number of fused-ring (bicyclic) bond motifs is 1. The summed E-state index contributed by atoms with van der Waals surface area (Å²) >= 11 is 0. The first-order chi connectivity index (χ1) is 17.7. The van der Waals surface area contributed by atoms with Gasteiger partial charge in [0.2, 0.25) is 11.8 Å². The zero-order chi connectivity index (χ0) is 24.9. The molecule has 1 aliphatic rings. The van der Waals surface area contributed by atoms with Crippen molar-refractivity contribution in [2.75, 3.05) is 18.5 Å². The molecule has 5 rings (SSSR count). The number of nitrogens with one attached hydrogen (secondary N) is 2. The van der Waals surface area contributed by atoms with Crippen molar-refractivity contribution in [1.82, 2.24) is 25.1 Å². The molecule has 36 heavy (non-hydrogen) atoms. The third-order valence-electron chi connectivity index (χ3n) is 6.60. The molecule has 1 aromatic carbocycles. The molecule has 0 unspecified atom stereocenters. The van der Waals surface area contributed by atoms with E-state index in [1.807, 2.05) is 48.1 Å². The van der Waals surface area contributed by atoms with Crippen molar-refractivity contribution in [3.63, 3.8) is 0 Å². The number of carbonyl (C=O) groups excluding carboxylic acids is 1. The van der Waals surface area contributed by atoms with Gasteiger partial charge in [-0.15, -0.1) is 0 Å². The lowest BCUT2D eigenvalue weighted by Gasteiger charge is -2.25. The van der Waals surface area contributed by atoms with Gasteiger partial charge in [-0.05, 0) is 31.7 Å². The minimum absolute atomic E-state index is 0.0398. The van der Waals surface area contributed by atoms with E-state index in [0.717, 1.165) is 66.9 Å². The molecule has 4 heterocycles. The summed E-state index contributed by atoms with van der Waals surface area (Å²) in [7, 11) is 0. The van der Waals surface area contributed by atoms with Crippen LogP contribution >= 0.6 is 0 Å². The highest BCUT2D eigenvalue weighted by Gasteiger charge is 2.22. The lowest BCUT2D eigenvalue weighted by molar-refractivity contribution is -0.121. The minimum Gasteiger partial charge on any atom is -0.444 e. The Balaban J connectivity index is 1.38. The normalized spacial score (nSPS) is 15.2. The number of nitrogens with zero attached hydrogens (tertiary/aromatic N) is 4. The smallest absolute Gasteiger partial charge is 0.229 e. The van der Waals surface area contributed by atoms with E-state index in [1.54, 1.807) is 12.5 Å². The summed E-state index contributed by atoms with van der Waals surface area (Å²) < 4.78 is 13.3. The molecule has 0 saturated carbocycles. The van der Waals surface area contributed by atoms with Crippen LogP contribution < -0.4 is 10.6 Å². The first kappa shape index (κ1) is 24.0. The second kappa shape index (κ2) is 10.9. The number of carbonyl (C=O) groups is 1. The van der Waals surface area contributed by atoms with Crippen LogP contribution in [0.2, 0.25) is 0 Å². The Morgan fingerprint density at radius 2 is 1.97 bits per heavy atom. The summed E-state index contributed by atoms with van der Waals surface area (Å²) in [5.74, 6) is 0.338. The summed E-state index contributed by atoms with van der Waals surface area (Å²) in [4.78, 5) is 22.1. The summed E-state index contributed by atoms with van der Waals surface area (Å²) in [6.45, 7) is 6.29. The molecule has 1 aliphatic heterocycles. The topological polar surface area (TPSA) is 107 Å². The highest BCUT2D eigenvalue weighted by Crippen LogP contribution is 2.34. The third-order valence-corrected chi connectivity index (χ3v) is 6.60. The predicted octanol–water partition coefficient (Wildman–Crippen LogP) is 4.51. The molecule has 0 radical (unpaired) electrons. The Labute approximate surface area is 210 Å². The number of aromatic nitrogens is 4. The zero-order valence-corrected chi connectivity index (χ0v) is 20.7. The molecule has 4 aromatic rings. The van der Waals surface area contributed by atoms with E-state index in [9.17, 15) is 4.79 Å². The molecular formula is C27H32N6O3. The van der Waals surface area contributed by atoms with Gasteiger partial charge in [0.25, 0.3) is 0 Å². The Bertz CT molecular complexity index is 1310. The van der Waals surface area contributed by atoms with Crippen LogP contribution in [0.4, 0.5) is 5.69 Å². The second-order valence-corrected chi connectivity index (χ2v) is 9.04. The maximum absolute atomic E-state index is 12.8. The number of anilines is 1. The van der Waals surface area contributed by atoms with Crippen molar-refractivity contribution in [2.45, 2.75) is 58.2 Å². The van der Waals surface area contributed by atoms with Crippen LogP contribution in [0.15, 0.2) is 53.4 Å². The predicted molar refractivity (Wildman–Crippen MR) is 137 cm³/mol. The fourth-order valence-electron chi connectivity index (χ4n) is 4.65. The molecule has 2 N–H and O–H groups in total. The van der Waals surface area contributed by atoms with E-state index in [2.05, 4.69) is 32.6 Å². The third kappa shape index (κ3) is 5.11. The molecular weight excluding hydrogens is 456 g/mol. The number of rotatable bonds is 9. The van der Waals surface area contributed by atoms with Gasteiger partial charge >= 0.3 is 0 Å². The van der Waals surface area contributed by atoms with Crippen LogP contribution in [0, 0.1) is 0 Å². The van der Waals surface area contributed by atoms with Gasteiger partial charge in [-0.25, -0.2) is 14.6 Å². The number of ether oxygens (including phenoxy) is 1. The van der Waals surface area contributed by atoms with E-state index in [0.29, 0.717) is 11.6 Å². The SMILES string of the molecule is CC[C@@H](NC(=O)Cc1coc(-c2cnc3c(cnn3CC)c2NC2CCOCC2)n1)c1ccccc1. The van der Waals surface area contributed by atoms with Crippen LogP contribution in [0.5, 0.6) is 0 Å². The van der Waals surface area contributed by atoms with Crippen LogP contribution in [-0.2, 0) is 22.5 Å². The van der Waals surface area contributed by atoms with Crippen LogP contribution in [-0.4, -0.2) is 44.9 Å². The van der Waals surface area contributed by atoms with Crippen molar-refractivity contribution < 1.29 is 13.9 Å². The number of amides is 1. The van der Waals surface area contributed by atoms with Crippen molar-refractivity contribution in [3.05, 3.63) is 60.2 Å². The maximum Gasteiger partial charge on any atom is 0.229 e. The largest absolute Gasteiger partial charge is 0.444 e. The number of hydrogen-bond donors (Lipinski definition) is 2. The molecule has 9 heteroatoms. The zero-order valence-electron chi connectivity index (χ0n) is 20.7. The fraction of sp³-hybridized carbons (Fsp3) is 0.407. The van der Waals surface area contributed by atoms with Gasteiger partial charge in [0.05, 0.1) is 41.0 Å². The molecule has 1 saturated heterocycles. The van der Waals surface area contributed by atoms with E-state index >= 15 is 0 Å². The Hall–Kier alpha value is -3.72. The highest BCUT2D eigenvalue weighted by atomic mass is 16.5. The molecule has 1 atom stereocenters. The summed E-state index contributed by atoms with van der Waals surface area (Å²) in [6.07, 6.45) is 7.94. The molecule has 1 amide bonds. The van der Waals surface area contributed by atoms with Crippen LogP contribution in [0.3, 0.4) is 0 Å². The van der Waals surface area contributed by atoms with Gasteiger partial charge in [0.15, 0.2) is 5.65 Å². The lowest BCUT2D eigenvalue weighted by atomic mass is 10.0. The van der Waals surface area contributed by atoms with Gasteiger partial charge in [0.1, 0.15) is 6.26 Å². The molecule has 3 aromatic heterocycles. The molecule has 9 nitrogen and oxygen atoms in total. The van der Waals surface area contributed by atoms with Crippen LogP contribution in [0.1, 0.15) is 50.4 Å². The first-order valence-electron chi connectivity index (χ1n) is 12.6. The van der Waals surface area contributed by atoms with Crippen molar-refractivity contribution in [2.24, 2.45) is 0 Å². The number of hydrogen-bond acceptors (Lipinski definition) is 7. The van der Waals surface area contributed by atoms with Gasteiger partial charge in [-0.1, -0.05) is 37.3 Å². The number of aryl methyl sites for hydroxylation is 1. The molecule has 1 fully saturated rings. The van der Waals surface area contributed by atoms with Gasteiger partial charge in [-0.2, -0.15) is 5.10 Å². The highest BCUT2D eigenvalue weighted by molar-refractivity contribution is 5.96. The van der Waals surface area contributed by atoms with Crippen molar-refractivity contribution in [3.8, 4) is 11.5 Å². The number of oxazole rings is 1. The Morgan fingerprint density at radius 1 is 1.17 bits per heavy atom. The van der Waals surface area contributed by atoms with Gasteiger partial charge < -0.3 is 19.8 Å². The first-order valence-corrected chi connectivity index (χ1v) is 12.6. The molecule has 0 aliphatic carbocycles. The quantitative estimate of drug-likeness (QED) is 0.357. The van der Waals surface area contributed by atoms with E-state index in [-0.39, 0.29) is 24.4 Å². The standard InChI is InChI=1S/C27H32N6O3/c1-3-23(18-8-6-5-7-9-18)32-24(34)14-20-17-36-27(31-20)22-15-28-26-21(16-29-33(26)4-2)25(22)30-19-10-12-35-13-11-19/h5-9,15-17,19,23H,3-4,10-14H2,1-2H3,(H,28,30)(H,32,34)/t23-/m1/s1. The fourth-order valence-corrected chi connectivity index (χ4v) is 4.65. The molecule has 0 spiro atoms. The Kier molecular flexibility index (Phi) is 7.27. The van der Waals surface area contributed by atoms with Gasteiger partial charge in [0, 0.05) is 32.0 Å². The summed E-state index contributed by atoms with van der Waals surface area (Å²) in [6, 6.07) is 10.2.